The molecule has 1 aliphatic heterocycles. The van der Waals surface area contributed by atoms with E-state index in [-0.39, 0.29) is 6.04 Å². The van der Waals surface area contributed by atoms with Gasteiger partial charge in [0.15, 0.2) is 0 Å². The fourth-order valence-corrected chi connectivity index (χ4v) is 2.35. The van der Waals surface area contributed by atoms with E-state index in [0.717, 1.165) is 18.9 Å². The van der Waals surface area contributed by atoms with Crippen molar-refractivity contribution in [1.29, 1.82) is 0 Å². The van der Waals surface area contributed by atoms with Crippen molar-refractivity contribution in [2.45, 2.75) is 38.8 Å². The number of ether oxygens (including phenoxy) is 2. The molecular weight excluding hydrogens is 226 g/mol. The summed E-state index contributed by atoms with van der Waals surface area (Å²) in [5, 5.41) is 3.53. The zero-order valence-electron chi connectivity index (χ0n) is 11.3. The molecule has 1 N–H and O–H groups in total. The first-order valence-corrected chi connectivity index (χ1v) is 6.88. The summed E-state index contributed by atoms with van der Waals surface area (Å²) >= 11 is 0. The van der Waals surface area contributed by atoms with Gasteiger partial charge in [0.1, 0.15) is 5.75 Å². The monoisotopic (exact) mass is 249 g/mol. The fraction of sp³-hybridized carbons (Fsp3) is 0.600. The minimum Gasteiger partial charge on any atom is -0.494 e. The Kier molecular flexibility index (Phi) is 5.02. The van der Waals surface area contributed by atoms with Crippen molar-refractivity contribution >= 4 is 0 Å². The molecule has 0 bridgehead atoms. The Morgan fingerprint density at radius 1 is 1.44 bits per heavy atom. The van der Waals surface area contributed by atoms with Crippen molar-refractivity contribution < 1.29 is 9.47 Å². The Bertz CT molecular complexity index is 361. The van der Waals surface area contributed by atoms with Crippen LogP contribution in [0.2, 0.25) is 0 Å². The van der Waals surface area contributed by atoms with E-state index in [0.29, 0.717) is 12.7 Å². The van der Waals surface area contributed by atoms with Gasteiger partial charge >= 0.3 is 0 Å². The van der Waals surface area contributed by atoms with E-state index in [4.69, 9.17) is 9.47 Å². The van der Waals surface area contributed by atoms with Crippen molar-refractivity contribution in [3.63, 3.8) is 0 Å². The van der Waals surface area contributed by atoms with Crippen LogP contribution >= 0.6 is 0 Å². The van der Waals surface area contributed by atoms with E-state index in [1.807, 2.05) is 19.1 Å². The summed E-state index contributed by atoms with van der Waals surface area (Å²) in [6.07, 6.45) is 2.75. The summed E-state index contributed by atoms with van der Waals surface area (Å²) in [5.74, 6) is 0.979. The largest absolute Gasteiger partial charge is 0.494 e. The van der Waals surface area contributed by atoms with Crippen molar-refractivity contribution in [3.05, 3.63) is 29.8 Å². The maximum Gasteiger partial charge on any atom is 0.124 e. The van der Waals surface area contributed by atoms with Crippen LogP contribution in [0.15, 0.2) is 24.3 Å². The lowest BCUT2D eigenvalue weighted by molar-refractivity contribution is 0.108. The molecule has 0 radical (unpaired) electrons. The van der Waals surface area contributed by atoms with Crippen LogP contribution in [0, 0.1) is 0 Å². The van der Waals surface area contributed by atoms with Crippen LogP contribution in [-0.4, -0.2) is 25.9 Å². The highest BCUT2D eigenvalue weighted by molar-refractivity contribution is 5.35. The van der Waals surface area contributed by atoms with Crippen molar-refractivity contribution in [2.75, 3.05) is 19.8 Å². The standard InChI is InChI=1S/C15H23NO2/c1-3-17-15-9-5-4-8-14(15)12(2)16-11-13-7-6-10-18-13/h4-5,8-9,12-13,16H,3,6-7,10-11H2,1-2H3/t12-,13+/m1/s1. The third-order valence-corrected chi connectivity index (χ3v) is 3.36. The molecule has 18 heavy (non-hydrogen) atoms. The van der Waals surface area contributed by atoms with Crippen LogP contribution in [0.4, 0.5) is 0 Å². The Hall–Kier alpha value is -1.06. The molecule has 100 valence electrons. The van der Waals surface area contributed by atoms with Crippen LogP contribution in [-0.2, 0) is 4.74 Å². The van der Waals surface area contributed by atoms with E-state index >= 15 is 0 Å². The second-order valence-corrected chi connectivity index (χ2v) is 4.74. The second-order valence-electron chi connectivity index (χ2n) is 4.74. The van der Waals surface area contributed by atoms with Crippen LogP contribution < -0.4 is 10.1 Å². The fourth-order valence-electron chi connectivity index (χ4n) is 2.35. The maximum atomic E-state index is 5.66. The van der Waals surface area contributed by atoms with Crippen LogP contribution in [0.25, 0.3) is 0 Å². The van der Waals surface area contributed by atoms with Crippen molar-refractivity contribution in [2.24, 2.45) is 0 Å². The van der Waals surface area contributed by atoms with Crippen molar-refractivity contribution in [3.8, 4) is 5.75 Å². The first-order chi connectivity index (χ1) is 8.81. The van der Waals surface area contributed by atoms with Gasteiger partial charge in [-0.1, -0.05) is 18.2 Å². The highest BCUT2D eigenvalue weighted by Crippen LogP contribution is 2.25. The third-order valence-electron chi connectivity index (χ3n) is 3.36. The van der Waals surface area contributed by atoms with Gasteiger partial charge in [-0.05, 0) is 32.8 Å². The average Bonchev–Trinajstić information content (AvgIpc) is 2.90. The van der Waals surface area contributed by atoms with E-state index in [9.17, 15) is 0 Å². The van der Waals surface area contributed by atoms with Crippen LogP contribution in [0.5, 0.6) is 5.75 Å². The van der Waals surface area contributed by atoms with Gasteiger partial charge in [0.25, 0.3) is 0 Å². The summed E-state index contributed by atoms with van der Waals surface area (Å²) in [4.78, 5) is 0. The average molecular weight is 249 g/mol. The zero-order valence-corrected chi connectivity index (χ0v) is 11.3. The lowest BCUT2D eigenvalue weighted by Gasteiger charge is -2.19. The first kappa shape index (κ1) is 13.4. The van der Waals surface area contributed by atoms with E-state index in [1.165, 1.54) is 18.4 Å². The quantitative estimate of drug-likeness (QED) is 0.841. The maximum absolute atomic E-state index is 5.66. The zero-order chi connectivity index (χ0) is 12.8. The molecule has 0 unspecified atom stereocenters. The molecule has 0 saturated carbocycles. The molecule has 0 spiro atoms. The summed E-state index contributed by atoms with van der Waals surface area (Å²) in [6, 6.07) is 8.52. The minimum absolute atomic E-state index is 0.289. The van der Waals surface area contributed by atoms with Crippen LogP contribution in [0.1, 0.15) is 38.3 Å². The lowest BCUT2D eigenvalue weighted by atomic mass is 10.1. The molecule has 1 heterocycles. The van der Waals surface area contributed by atoms with E-state index in [2.05, 4.69) is 24.4 Å². The van der Waals surface area contributed by atoms with Gasteiger partial charge in [0.05, 0.1) is 12.7 Å². The molecule has 1 aromatic rings. The predicted molar refractivity (Wildman–Crippen MR) is 73.0 cm³/mol. The molecule has 1 fully saturated rings. The van der Waals surface area contributed by atoms with Gasteiger partial charge in [-0.2, -0.15) is 0 Å². The number of hydrogen-bond donors (Lipinski definition) is 1. The summed E-state index contributed by atoms with van der Waals surface area (Å²) in [7, 11) is 0. The molecule has 3 nitrogen and oxygen atoms in total. The molecule has 1 aliphatic rings. The Labute approximate surface area is 109 Å². The van der Waals surface area contributed by atoms with Gasteiger partial charge in [0, 0.05) is 24.8 Å². The molecule has 1 aromatic carbocycles. The number of nitrogens with one attached hydrogen (secondary N) is 1. The molecular formula is C15H23NO2. The van der Waals surface area contributed by atoms with E-state index < -0.39 is 0 Å². The Morgan fingerprint density at radius 2 is 2.28 bits per heavy atom. The SMILES string of the molecule is CCOc1ccccc1[C@@H](C)NC[C@@H]1CCCO1. The van der Waals surface area contributed by atoms with E-state index in [1.54, 1.807) is 0 Å². The second kappa shape index (κ2) is 6.76. The minimum atomic E-state index is 0.289. The number of para-hydroxylation sites is 1. The molecule has 3 heteroatoms. The predicted octanol–water partition coefficient (Wildman–Crippen LogP) is 2.91. The van der Waals surface area contributed by atoms with Gasteiger partial charge in [-0.15, -0.1) is 0 Å². The first-order valence-electron chi connectivity index (χ1n) is 6.88. The highest BCUT2D eigenvalue weighted by Gasteiger charge is 2.17. The van der Waals surface area contributed by atoms with Gasteiger partial charge in [-0.3, -0.25) is 0 Å². The number of hydrogen-bond acceptors (Lipinski definition) is 3. The van der Waals surface area contributed by atoms with Crippen molar-refractivity contribution in [1.82, 2.24) is 5.32 Å². The number of rotatable bonds is 6. The Balaban J connectivity index is 1.92. The van der Waals surface area contributed by atoms with Gasteiger partial charge in [0.2, 0.25) is 0 Å². The molecule has 2 rings (SSSR count). The normalized spacial score (nSPS) is 20.9. The lowest BCUT2D eigenvalue weighted by Crippen LogP contribution is -2.28. The summed E-state index contributed by atoms with van der Waals surface area (Å²) in [5.41, 5.74) is 1.22. The van der Waals surface area contributed by atoms with Gasteiger partial charge in [-0.25, -0.2) is 0 Å². The molecule has 0 amide bonds. The summed E-state index contributed by atoms with van der Waals surface area (Å²) < 4.78 is 11.3. The molecule has 1 saturated heterocycles. The number of benzene rings is 1. The summed E-state index contributed by atoms with van der Waals surface area (Å²) in [6.45, 7) is 6.72. The van der Waals surface area contributed by atoms with Crippen LogP contribution in [0.3, 0.4) is 0 Å². The topological polar surface area (TPSA) is 30.5 Å². The smallest absolute Gasteiger partial charge is 0.124 e. The third kappa shape index (κ3) is 3.47. The molecule has 0 aromatic heterocycles. The highest BCUT2D eigenvalue weighted by atomic mass is 16.5. The Morgan fingerprint density at radius 3 is 3.00 bits per heavy atom. The van der Waals surface area contributed by atoms with Gasteiger partial charge < -0.3 is 14.8 Å². The molecule has 2 atom stereocenters. The molecule has 0 aliphatic carbocycles.